The molecule has 2 atom stereocenters. The molecule has 76 valence electrons. The van der Waals surface area contributed by atoms with Gasteiger partial charge in [0.05, 0.1) is 0 Å². The lowest BCUT2D eigenvalue weighted by molar-refractivity contribution is 0.564. The Morgan fingerprint density at radius 3 is 2.71 bits per heavy atom. The predicted molar refractivity (Wildman–Crippen MR) is 63.2 cm³/mol. The van der Waals surface area contributed by atoms with E-state index in [0.717, 1.165) is 12.8 Å². The molecule has 0 spiro atoms. The Balaban J connectivity index is 1.96. The summed E-state index contributed by atoms with van der Waals surface area (Å²) >= 11 is 3.56. The molecule has 0 radical (unpaired) electrons. The zero-order valence-corrected chi connectivity index (χ0v) is 10.0. The number of hydrogen-bond donors (Lipinski definition) is 1. The van der Waals surface area contributed by atoms with Crippen LogP contribution in [0, 0.1) is 5.92 Å². The van der Waals surface area contributed by atoms with Crippen LogP contribution in [0.1, 0.15) is 25.3 Å². The van der Waals surface area contributed by atoms with E-state index in [4.69, 9.17) is 5.73 Å². The molecule has 0 aromatic heterocycles. The summed E-state index contributed by atoms with van der Waals surface area (Å²) in [6.45, 7) is 2.24. The van der Waals surface area contributed by atoms with E-state index in [2.05, 4.69) is 41.1 Å². The van der Waals surface area contributed by atoms with E-state index in [9.17, 15) is 0 Å². The molecule has 2 heteroatoms. The fraction of sp³-hybridized carbons (Fsp3) is 0.500. The highest BCUT2D eigenvalue weighted by Crippen LogP contribution is 2.44. The van der Waals surface area contributed by atoms with Gasteiger partial charge >= 0.3 is 0 Å². The summed E-state index contributed by atoms with van der Waals surface area (Å²) in [6.07, 6.45) is 3.39. The number of nitrogens with two attached hydrogens (primary N) is 1. The molecule has 1 nitrogen and oxygen atoms in total. The summed E-state index contributed by atoms with van der Waals surface area (Å²) in [6, 6.07) is 8.39. The SMILES string of the molecule is CC1CC1(N)CCc1ccccc1Br. The highest BCUT2D eigenvalue weighted by Gasteiger charge is 2.46. The van der Waals surface area contributed by atoms with Crippen LogP contribution in [0.25, 0.3) is 0 Å². The van der Waals surface area contributed by atoms with E-state index < -0.39 is 0 Å². The molecule has 1 aliphatic carbocycles. The van der Waals surface area contributed by atoms with Crippen molar-refractivity contribution < 1.29 is 0 Å². The van der Waals surface area contributed by atoms with E-state index >= 15 is 0 Å². The van der Waals surface area contributed by atoms with E-state index in [1.54, 1.807) is 0 Å². The van der Waals surface area contributed by atoms with Crippen LogP contribution in [0.4, 0.5) is 0 Å². The molecule has 1 aromatic rings. The van der Waals surface area contributed by atoms with Crippen molar-refractivity contribution >= 4 is 15.9 Å². The van der Waals surface area contributed by atoms with Crippen LogP contribution in [-0.4, -0.2) is 5.54 Å². The Morgan fingerprint density at radius 1 is 1.50 bits per heavy atom. The Kier molecular flexibility index (Phi) is 2.67. The van der Waals surface area contributed by atoms with Crippen molar-refractivity contribution in [2.75, 3.05) is 0 Å². The van der Waals surface area contributed by atoms with Crippen molar-refractivity contribution in [3.63, 3.8) is 0 Å². The van der Waals surface area contributed by atoms with Crippen molar-refractivity contribution in [1.29, 1.82) is 0 Å². The molecular weight excluding hydrogens is 238 g/mol. The summed E-state index contributed by atoms with van der Waals surface area (Å²) in [5, 5.41) is 0. The van der Waals surface area contributed by atoms with Gasteiger partial charge in [-0.1, -0.05) is 41.1 Å². The molecule has 2 unspecified atom stereocenters. The third-order valence-electron chi connectivity index (χ3n) is 3.33. The van der Waals surface area contributed by atoms with Crippen LogP contribution in [0.5, 0.6) is 0 Å². The monoisotopic (exact) mass is 253 g/mol. The maximum Gasteiger partial charge on any atom is 0.0207 e. The lowest BCUT2D eigenvalue weighted by Gasteiger charge is -2.10. The molecule has 1 aliphatic rings. The quantitative estimate of drug-likeness (QED) is 0.881. The van der Waals surface area contributed by atoms with E-state index in [1.807, 2.05) is 6.07 Å². The van der Waals surface area contributed by atoms with Crippen molar-refractivity contribution in [1.82, 2.24) is 0 Å². The van der Waals surface area contributed by atoms with E-state index in [-0.39, 0.29) is 5.54 Å². The second-order valence-electron chi connectivity index (χ2n) is 4.43. The maximum absolute atomic E-state index is 6.17. The zero-order chi connectivity index (χ0) is 10.2. The topological polar surface area (TPSA) is 26.0 Å². The summed E-state index contributed by atoms with van der Waals surface area (Å²) in [4.78, 5) is 0. The first kappa shape index (κ1) is 10.2. The van der Waals surface area contributed by atoms with Gasteiger partial charge in [-0.05, 0) is 36.8 Å². The zero-order valence-electron chi connectivity index (χ0n) is 8.46. The minimum Gasteiger partial charge on any atom is -0.325 e. The Bertz CT molecular complexity index is 337. The Labute approximate surface area is 93.8 Å². The average Bonchev–Trinajstić information content (AvgIpc) is 2.74. The van der Waals surface area contributed by atoms with Crippen LogP contribution >= 0.6 is 15.9 Å². The van der Waals surface area contributed by atoms with Gasteiger partial charge in [0.2, 0.25) is 0 Å². The largest absolute Gasteiger partial charge is 0.325 e. The van der Waals surface area contributed by atoms with Crippen molar-refractivity contribution in [2.45, 2.75) is 31.7 Å². The molecule has 1 aromatic carbocycles. The summed E-state index contributed by atoms with van der Waals surface area (Å²) < 4.78 is 1.21. The van der Waals surface area contributed by atoms with E-state index in [1.165, 1.54) is 16.5 Å². The molecule has 0 amide bonds. The fourth-order valence-electron chi connectivity index (χ4n) is 1.93. The first-order valence-corrected chi connectivity index (χ1v) is 5.93. The molecular formula is C12H16BrN. The second-order valence-corrected chi connectivity index (χ2v) is 5.28. The van der Waals surface area contributed by atoms with Gasteiger partial charge in [0.1, 0.15) is 0 Å². The minimum absolute atomic E-state index is 0.134. The third kappa shape index (κ3) is 2.01. The minimum atomic E-state index is 0.134. The number of aryl methyl sites for hydroxylation is 1. The van der Waals surface area contributed by atoms with Gasteiger partial charge in [-0.3, -0.25) is 0 Å². The molecule has 2 N–H and O–H groups in total. The van der Waals surface area contributed by atoms with Crippen LogP contribution in [0.2, 0.25) is 0 Å². The van der Waals surface area contributed by atoms with Crippen molar-refractivity contribution in [3.8, 4) is 0 Å². The van der Waals surface area contributed by atoms with Crippen LogP contribution < -0.4 is 5.73 Å². The standard InChI is InChI=1S/C12H16BrN/c1-9-8-12(9,14)7-6-10-4-2-3-5-11(10)13/h2-5,9H,6-8,14H2,1H3. The normalized spacial score (nSPS) is 30.4. The van der Waals surface area contributed by atoms with Gasteiger partial charge < -0.3 is 5.73 Å². The van der Waals surface area contributed by atoms with E-state index in [0.29, 0.717) is 5.92 Å². The maximum atomic E-state index is 6.17. The first-order chi connectivity index (χ1) is 6.62. The number of hydrogen-bond acceptors (Lipinski definition) is 1. The van der Waals surface area contributed by atoms with Crippen LogP contribution in [0.3, 0.4) is 0 Å². The molecule has 0 aliphatic heterocycles. The highest BCUT2D eigenvalue weighted by molar-refractivity contribution is 9.10. The van der Waals surface area contributed by atoms with Crippen LogP contribution in [0.15, 0.2) is 28.7 Å². The Morgan fingerprint density at radius 2 is 2.14 bits per heavy atom. The molecule has 1 fully saturated rings. The fourth-order valence-corrected chi connectivity index (χ4v) is 2.41. The molecule has 14 heavy (non-hydrogen) atoms. The molecule has 0 saturated heterocycles. The summed E-state index contributed by atoms with van der Waals surface area (Å²) in [7, 11) is 0. The lowest BCUT2D eigenvalue weighted by Crippen LogP contribution is -2.24. The second kappa shape index (κ2) is 3.67. The number of rotatable bonds is 3. The Hall–Kier alpha value is -0.340. The molecule has 0 heterocycles. The third-order valence-corrected chi connectivity index (χ3v) is 4.10. The van der Waals surface area contributed by atoms with Gasteiger partial charge in [0.15, 0.2) is 0 Å². The smallest absolute Gasteiger partial charge is 0.0207 e. The predicted octanol–water partition coefficient (Wildman–Crippen LogP) is 3.12. The lowest BCUT2D eigenvalue weighted by atomic mass is 10.0. The number of benzene rings is 1. The molecule has 0 bridgehead atoms. The molecule has 1 saturated carbocycles. The van der Waals surface area contributed by atoms with Gasteiger partial charge in [0, 0.05) is 10.0 Å². The van der Waals surface area contributed by atoms with Gasteiger partial charge in [-0.2, -0.15) is 0 Å². The summed E-state index contributed by atoms with van der Waals surface area (Å²) in [5.74, 6) is 0.713. The molecule has 2 rings (SSSR count). The van der Waals surface area contributed by atoms with Crippen LogP contribution in [-0.2, 0) is 6.42 Å². The highest BCUT2D eigenvalue weighted by atomic mass is 79.9. The van der Waals surface area contributed by atoms with Gasteiger partial charge in [0.25, 0.3) is 0 Å². The van der Waals surface area contributed by atoms with Gasteiger partial charge in [-0.25, -0.2) is 0 Å². The number of halogens is 1. The van der Waals surface area contributed by atoms with Crippen molar-refractivity contribution in [3.05, 3.63) is 34.3 Å². The average molecular weight is 254 g/mol. The van der Waals surface area contributed by atoms with Crippen molar-refractivity contribution in [2.24, 2.45) is 11.7 Å². The first-order valence-electron chi connectivity index (χ1n) is 5.14. The summed E-state index contributed by atoms with van der Waals surface area (Å²) in [5.41, 5.74) is 7.68. The van der Waals surface area contributed by atoms with Gasteiger partial charge in [-0.15, -0.1) is 0 Å².